The first-order chi connectivity index (χ1) is 14.5. The predicted molar refractivity (Wildman–Crippen MR) is 119 cm³/mol. The molecule has 0 saturated heterocycles. The summed E-state index contributed by atoms with van der Waals surface area (Å²) < 4.78 is 0. The molecule has 0 spiro atoms. The third-order valence-corrected chi connectivity index (χ3v) is 5.07. The van der Waals surface area contributed by atoms with Crippen molar-refractivity contribution in [3.8, 4) is 17.2 Å². The van der Waals surface area contributed by atoms with Gasteiger partial charge in [0.2, 0.25) is 0 Å². The zero-order valence-electron chi connectivity index (χ0n) is 16.6. The van der Waals surface area contributed by atoms with Gasteiger partial charge >= 0.3 is 0 Å². The highest BCUT2D eigenvalue weighted by molar-refractivity contribution is 5.41. The van der Waals surface area contributed by atoms with Gasteiger partial charge in [-0.25, -0.2) is 0 Å². The molecule has 0 aliphatic rings. The van der Waals surface area contributed by atoms with Gasteiger partial charge in [0.15, 0.2) is 0 Å². The number of benzene rings is 4. The standard InChI is InChI=1S/C27H24O3/c28-25-7-1-4-19(16-25)10-22-13-23(11-20-5-2-8-26(29)17-20)15-24(14-22)12-21-6-3-9-27(30)18-21/h1-9,13-18,28-30H,10-12H2. The van der Waals surface area contributed by atoms with E-state index in [1.54, 1.807) is 36.4 Å². The fourth-order valence-electron chi connectivity index (χ4n) is 3.85. The van der Waals surface area contributed by atoms with E-state index in [-0.39, 0.29) is 17.2 Å². The molecular weight excluding hydrogens is 372 g/mol. The van der Waals surface area contributed by atoms with E-state index in [2.05, 4.69) is 18.2 Å². The maximum absolute atomic E-state index is 9.79. The molecule has 4 rings (SSSR count). The van der Waals surface area contributed by atoms with E-state index in [0.717, 1.165) is 52.6 Å². The van der Waals surface area contributed by atoms with Crippen LogP contribution in [0.1, 0.15) is 33.4 Å². The summed E-state index contributed by atoms with van der Waals surface area (Å²) in [5, 5.41) is 29.4. The second kappa shape index (κ2) is 8.75. The average Bonchev–Trinajstić information content (AvgIpc) is 2.68. The molecule has 4 aromatic rings. The van der Waals surface area contributed by atoms with Gasteiger partial charge in [0.05, 0.1) is 0 Å². The van der Waals surface area contributed by atoms with E-state index in [1.165, 1.54) is 0 Å². The Morgan fingerprint density at radius 3 is 0.933 bits per heavy atom. The summed E-state index contributed by atoms with van der Waals surface area (Å²) in [6.45, 7) is 0. The number of hydrogen-bond donors (Lipinski definition) is 3. The molecule has 0 atom stereocenters. The maximum atomic E-state index is 9.79. The molecule has 3 N–H and O–H groups in total. The molecular formula is C27H24O3. The first kappa shape index (κ1) is 19.6. The largest absolute Gasteiger partial charge is 0.508 e. The molecule has 0 unspecified atom stereocenters. The second-order valence-electron chi connectivity index (χ2n) is 7.70. The van der Waals surface area contributed by atoms with Crippen molar-refractivity contribution in [3.05, 3.63) is 124 Å². The van der Waals surface area contributed by atoms with Crippen molar-refractivity contribution in [1.29, 1.82) is 0 Å². The van der Waals surface area contributed by atoms with Crippen LogP contribution in [0.15, 0.2) is 91.0 Å². The molecule has 3 heteroatoms. The van der Waals surface area contributed by atoms with E-state index < -0.39 is 0 Å². The Labute approximate surface area is 176 Å². The van der Waals surface area contributed by atoms with E-state index in [9.17, 15) is 15.3 Å². The fourth-order valence-corrected chi connectivity index (χ4v) is 3.85. The van der Waals surface area contributed by atoms with Crippen LogP contribution < -0.4 is 0 Å². The van der Waals surface area contributed by atoms with Gasteiger partial charge in [-0.15, -0.1) is 0 Å². The lowest BCUT2D eigenvalue weighted by molar-refractivity contribution is 0.474. The molecule has 0 aliphatic heterocycles. The van der Waals surface area contributed by atoms with Crippen LogP contribution in [0.4, 0.5) is 0 Å². The van der Waals surface area contributed by atoms with Crippen molar-refractivity contribution in [3.63, 3.8) is 0 Å². The molecule has 150 valence electrons. The van der Waals surface area contributed by atoms with Gasteiger partial charge in [-0.2, -0.15) is 0 Å². The van der Waals surface area contributed by atoms with Gasteiger partial charge in [-0.05, 0) is 89.0 Å². The first-order valence-corrected chi connectivity index (χ1v) is 9.99. The highest BCUT2D eigenvalue weighted by Gasteiger charge is 2.07. The molecule has 0 saturated carbocycles. The van der Waals surface area contributed by atoms with Gasteiger partial charge in [0.25, 0.3) is 0 Å². The summed E-state index contributed by atoms with van der Waals surface area (Å²) in [4.78, 5) is 0. The van der Waals surface area contributed by atoms with E-state index in [1.807, 2.05) is 36.4 Å². The minimum Gasteiger partial charge on any atom is -0.508 e. The monoisotopic (exact) mass is 396 g/mol. The first-order valence-electron chi connectivity index (χ1n) is 9.99. The van der Waals surface area contributed by atoms with E-state index >= 15 is 0 Å². The molecule has 4 aromatic carbocycles. The minimum absolute atomic E-state index is 0.267. The van der Waals surface area contributed by atoms with Crippen LogP contribution >= 0.6 is 0 Å². The van der Waals surface area contributed by atoms with E-state index in [4.69, 9.17) is 0 Å². The Morgan fingerprint density at radius 2 is 0.667 bits per heavy atom. The highest BCUT2D eigenvalue weighted by atomic mass is 16.3. The summed E-state index contributed by atoms with van der Waals surface area (Å²) in [6, 6.07) is 28.5. The lowest BCUT2D eigenvalue weighted by Crippen LogP contribution is -1.97. The number of phenolic OH excluding ortho intramolecular Hbond substituents is 3. The fraction of sp³-hybridized carbons (Fsp3) is 0.111. The van der Waals surface area contributed by atoms with Gasteiger partial charge < -0.3 is 15.3 Å². The van der Waals surface area contributed by atoms with Crippen molar-refractivity contribution < 1.29 is 15.3 Å². The zero-order chi connectivity index (χ0) is 20.9. The SMILES string of the molecule is Oc1cccc(Cc2cc(Cc3cccc(O)c3)cc(Cc3cccc(O)c3)c2)c1. The minimum atomic E-state index is 0.267. The van der Waals surface area contributed by atoms with Crippen LogP contribution in [0, 0.1) is 0 Å². The van der Waals surface area contributed by atoms with Gasteiger partial charge in [0, 0.05) is 0 Å². The van der Waals surface area contributed by atoms with Crippen LogP contribution in [0.3, 0.4) is 0 Å². The third-order valence-electron chi connectivity index (χ3n) is 5.07. The summed E-state index contributed by atoms with van der Waals surface area (Å²) >= 11 is 0. The van der Waals surface area contributed by atoms with Crippen molar-refractivity contribution in [2.45, 2.75) is 19.3 Å². The quantitative estimate of drug-likeness (QED) is 0.399. The number of rotatable bonds is 6. The molecule has 30 heavy (non-hydrogen) atoms. The molecule has 0 radical (unpaired) electrons. The van der Waals surface area contributed by atoms with Crippen molar-refractivity contribution in [1.82, 2.24) is 0 Å². The second-order valence-corrected chi connectivity index (χ2v) is 7.70. The Hall–Kier alpha value is -3.72. The summed E-state index contributed by atoms with van der Waals surface area (Å²) in [5.74, 6) is 0.801. The lowest BCUT2D eigenvalue weighted by atomic mass is 9.94. The van der Waals surface area contributed by atoms with Crippen LogP contribution in [-0.2, 0) is 19.3 Å². The van der Waals surface area contributed by atoms with Crippen molar-refractivity contribution in [2.75, 3.05) is 0 Å². The summed E-state index contributed by atoms with van der Waals surface area (Å²) in [5.41, 5.74) is 6.63. The van der Waals surface area contributed by atoms with Crippen LogP contribution in [0.25, 0.3) is 0 Å². The van der Waals surface area contributed by atoms with Gasteiger partial charge in [-0.3, -0.25) is 0 Å². The molecule has 0 amide bonds. The maximum Gasteiger partial charge on any atom is 0.115 e. The van der Waals surface area contributed by atoms with Crippen molar-refractivity contribution >= 4 is 0 Å². The van der Waals surface area contributed by atoms with Gasteiger partial charge in [-0.1, -0.05) is 54.6 Å². The molecule has 0 aliphatic carbocycles. The molecule has 0 bridgehead atoms. The Bertz CT molecular complexity index is 1010. The number of phenols is 3. The van der Waals surface area contributed by atoms with Crippen molar-refractivity contribution in [2.24, 2.45) is 0 Å². The molecule has 0 heterocycles. The smallest absolute Gasteiger partial charge is 0.115 e. The number of aromatic hydroxyl groups is 3. The molecule has 3 nitrogen and oxygen atoms in total. The van der Waals surface area contributed by atoms with Crippen LogP contribution in [0.5, 0.6) is 17.2 Å². The van der Waals surface area contributed by atoms with Crippen LogP contribution in [-0.4, -0.2) is 15.3 Å². The average molecular weight is 396 g/mol. The molecule has 0 fully saturated rings. The Balaban J connectivity index is 1.67. The van der Waals surface area contributed by atoms with E-state index in [0.29, 0.717) is 0 Å². The third kappa shape index (κ3) is 5.21. The highest BCUT2D eigenvalue weighted by Crippen LogP contribution is 2.23. The zero-order valence-corrected chi connectivity index (χ0v) is 16.6. The van der Waals surface area contributed by atoms with Crippen LogP contribution in [0.2, 0.25) is 0 Å². The lowest BCUT2D eigenvalue weighted by Gasteiger charge is -2.12. The molecule has 0 aromatic heterocycles. The Kier molecular flexibility index (Phi) is 5.71. The Morgan fingerprint density at radius 1 is 0.367 bits per heavy atom. The predicted octanol–water partition coefficient (Wildman–Crippen LogP) is 5.58. The van der Waals surface area contributed by atoms with Gasteiger partial charge in [0.1, 0.15) is 17.2 Å². The summed E-state index contributed by atoms with van der Waals surface area (Å²) in [7, 11) is 0. The topological polar surface area (TPSA) is 60.7 Å². The summed E-state index contributed by atoms with van der Waals surface area (Å²) in [6.07, 6.45) is 2.15. The normalized spacial score (nSPS) is 10.8. The number of hydrogen-bond acceptors (Lipinski definition) is 3.